The quantitative estimate of drug-likeness (QED) is 0.755. The van der Waals surface area contributed by atoms with Gasteiger partial charge in [0.15, 0.2) is 11.6 Å². The number of benzene rings is 1. The van der Waals surface area contributed by atoms with Gasteiger partial charge in [0.1, 0.15) is 6.04 Å². The van der Waals surface area contributed by atoms with Crippen LogP contribution in [0.1, 0.15) is 5.56 Å². The summed E-state index contributed by atoms with van der Waals surface area (Å²) in [6.45, 7) is 0.561. The van der Waals surface area contributed by atoms with E-state index in [1.54, 1.807) is 12.1 Å². The van der Waals surface area contributed by atoms with Crippen LogP contribution in [0.4, 0.5) is 4.39 Å². The summed E-state index contributed by atoms with van der Waals surface area (Å²) >= 11 is 0. The maximum Gasteiger partial charge on any atom is 0.239 e. The van der Waals surface area contributed by atoms with Crippen molar-refractivity contribution in [3.63, 3.8) is 0 Å². The Hall–Kier alpha value is -1.66. The molecule has 106 valence electrons. The van der Waals surface area contributed by atoms with E-state index < -0.39 is 11.9 Å². The van der Waals surface area contributed by atoms with Gasteiger partial charge in [0.2, 0.25) is 5.91 Å². The Kier molecular flexibility index (Phi) is 6.24. The highest BCUT2D eigenvalue weighted by Crippen LogP contribution is 2.17. The normalized spacial score (nSPS) is 12.0. The van der Waals surface area contributed by atoms with Crippen molar-refractivity contribution in [3.05, 3.63) is 29.6 Å². The van der Waals surface area contributed by atoms with Crippen molar-refractivity contribution in [2.45, 2.75) is 12.5 Å². The molecule has 1 amide bonds. The first kappa shape index (κ1) is 15.4. The highest BCUT2D eigenvalue weighted by Gasteiger charge is 2.12. The van der Waals surface area contributed by atoms with Crippen LogP contribution in [0.25, 0.3) is 0 Å². The van der Waals surface area contributed by atoms with E-state index in [9.17, 15) is 9.18 Å². The molecule has 0 aliphatic rings. The van der Waals surface area contributed by atoms with Crippen LogP contribution in [0.3, 0.4) is 0 Å². The second kappa shape index (κ2) is 7.70. The van der Waals surface area contributed by atoms with E-state index in [1.807, 2.05) is 0 Å². The third kappa shape index (κ3) is 4.84. The van der Waals surface area contributed by atoms with Gasteiger partial charge in [-0.3, -0.25) is 4.79 Å². The Morgan fingerprint density at radius 1 is 1.47 bits per heavy atom. The third-order valence-electron chi connectivity index (χ3n) is 2.61. The number of hydrogen-bond acceptors (Lipinski definition) is 4. The summed E-state index contributed by atoms with van der Waals surface area (Å²) in [6.07, 6.45) is 0.520. The van der Waals surface area contributed by atoms with Crippen LogP contribution in [0.15, 0.2) is 18.2 Å². The molecule has 0 heterocycles. The summed E-state index contributed by atoms with van der Waals surface area (Å²) < 4.78 is 23.0. The predicted octanol–water partition coefficient (Wildman–Crippen LogP) is 0.467. The molecule has 6 heteroatoms. The van der Waals surface area contributed by atoms with Gasteiger partial charge in [-0.15, -0.1) is 0 Å². The number of halogens is 1. The summed E-state index contributed by atoms with van der Waals surface area (Å²) in [6, 6.07) is 4.02. The SMILES string of the molecule is COCC(N)C(=O)NCCc1ccc(OC)c(F)c1. The number of carbonyl (C=O) groups is 1. The fourth-order valence-corrected chi connectivity index (χ4v) is 1.58. The maximum absolute atomic E-state index is 13.4. The van der Waals surface area contributed by atoms with E-state index in [0.29, 0.717) is 13.0 Å². The average molecular weight is 270 g/mol. The molecule has 0 saturated carbocycles. The third-order valence-corrected chi connectivity index (χ3v) is 2.61. The molecule has 0 aromatic heterocycles. The molecule has 1 aromatic rings. The molecular weight excluding hydrogens is 251 g/mol. The molecule has 0 spiro atoms. The van der Waals surface area contributed by atoms with Crippen LogP contribution < -0.4 is 15.8 Å². The lowest BCUT2D eigenvalue weighted by molar-refractivity contribution is -0.123. The molecule has 1 unspecified atom stereocenters. The van der Waals surface area contributed by atoms with E-state index in [2.05, 4.69) is 5.32 Å². The van der Waals surface area contributed by atoms with Crippen molar-refractivity contribution < 1.29 is 18.7 Å². The zero-order valence-corrected chi connectivity index (χ0v) is 11.1. The fraction of sp³-hybridized carbons (Fsp3) is 0.462. The summed E-state index contributed by atoms with van der Waals surface area (Å²) in [4.78, 5) is 11.5. The topological polar surface area (TPSA) is 73.6 Å². The Balaban J connectivity index is 2.41. The van der Waals surface area contributed by atoms with Gasteiger partial charge in [0, 0.05) is 13.7 Å². The van der Waals surface area contributed by atoms with Crippen LogP contribution in [0.2, 0.25) is 0 Å². The second-order valence-corrected chi connectivity index (χ2v) is 4.07. The van der Waals surface area contributed by atoms with Gasteiger partial charge < -0.3 is 20.5 Å². The number of nitrogens with one attached hydrogen (secondary N) is 1. The summed E-state index contributed by atoms with van der Waals surface area (Å²) in [5, 5.41) is 2.67. The summed E-state index contributed by atoms with van der Waals surface area (Å²) in [5.41, 5.74) is 6.33. The monoisotopic (exact) mass is 270 g/mol. The molecule has 0 saturated heterocycles. The van der Waals surface area contributed by atoms with Gasteiger partial charge in [-0.1, -0.05) is 6.07 Å². The molecule has 1 atom stereocenters. The van der Waals surface area contributed by atoms with Crippen LogP contribution in [-0.4, -0.2) is 39.3 Å². The Morgan fingerprint density at radius 2 is 2.21 bits per heavy atom. The standard InChI is InChI=1S/C13H19FN2O3/c1-18-8-11(15)13(17)16-6-5-9-3-4-12(19-2)10(14)7-9/h3-4,7,11H,5-6,8,15H2,1-2H3,(H,16,17). The minimum Gasteiger partial charge on any atom is -0.494 e. The smallest absolute Gasteiger partial charge is 0.239 e. The number of ether oxygens (including phenoxy) is 2. The van der Waals surface area contributed by atoms with Crippen LogP contribution in [-0.2, 0) is 16.0 Å². The van der Waals surface area contributed by atoms with E-state index in [0.717, 1.165) is 5.56 Å². The number of hydrogen-bond donors (Lipinski definition) is 2. The van der Waals surface area contributed by atoms with Crippen molar-refractivity contribution in [1.29, 1.82) is 0 Å². The van der Waals surface area contributed by atoms with Gasteiger partial charge in [-0.05, 0) is 24.1 Å². The number of carbonyl (C=O) groups excluding carboxylic acids is 1. The van der Waals surface area contributed by atoms with E-state index in [-0.39, 0.29) is 18.3 Å². The second-order valence-electron chi connectivity index (χ2n) is 4.07. The van der Waals surface area contributed by atoms with Crippen LogP contribution in [0, 0.1) is 5.82 Å². The molecule has 3 N–H and O–H groups in total. The molecule has 0 aliphatic heterocycles. The van der Waals surface area contributed by atoms with Gasteiger partial charge in [-0.2, -0.15) is 0 Å². The molecule has 1 aromatic carbocycles. The number of nitrogens with two attached hydrogens (primary N) is 1. The number of rotatable bonds is 7. The number of methoxy groups -OCH3 is 2. The van der Waals surface area contributed by atoms with Crippen LogP contribution >= 0.6 is 0 Å². The first-order valence-corrected chi connectivity index (χ1v) is 5.93. The van der Waals surface area contributed by atoms with Gasteiger partial charge in [-0.25, -0.2) is 4.39 Å². The van der Waals surface area contributed by atoms with Crippen LogP contribution in [0.5, 0.6) is 5.75 Å². The van der Waals surface area contributed by atoms with Crippen molar-refractivity contribution in [2.24, 2.45) is 5.73 Å². The zero-order chi connectivity index (χ0) is 14.3. The van der Waals surface area contributed by atoms with Gasteiger partial charge in [0.05, 0.1) is 13.7 Å². The highest BCUT2D eigenvalue weighted by atomic mass is 19.1. The molecule has 1 rings (SSSR count). The fourth-order valence-electron chi connectivity index (χ4n) is 1.58. The summed E-state index contributed by atoms with van der Waals surface area (Å²) in [5.74, 6) is -0.492. The first-order valence-electron chi connectivity index (χ1n) is 5.93. The van der Waals surface area contributed by atoms with E-state index in [1.165, 1.54) is 20.3 Å². The molecule has 19 heavy (non-hydrogen) atoms. The van der Waals surface area contributed by atoms with Gasteiger partial charge in [0.25, 0.3) is 0 Å². The lowest BCUT2D eigenvalue weighted by Gasteiger charge is -2.11. The zero-order valence-electron chi connectivity index (χ0n) is 11.1. The molecule has 0 bridgehead atoms. The Labute approximate surface area is 111 Å². The molecule has 0 aliphatic carbocycles. The lowest BCUT2D eigenvalue weighted by atomic mass is 10.1. The van der Waals surface area contributed by atoms with Gasteiger partial charge >= 0.3 is 0 Å². The van der Waals surface area contributed by atoms with E-state index >= 15 is 0 Å². The first-order chi connectivity index (χ1) is 9.08. The molecule has 0 fully saturated rings. The lowest BCUT2D eigenvalue weighted by Crippen LogP contribution is -2.44. The molecule has 0 radical (unpaired) electrons. The van der Waals surface area contributed by atoms with Crippen molar-refractivity contribution in [3.8, 4) is 5.75 Å². The average Bonchev–Trinajstić information content (AvgIpc) is 2.39. The summed E-state index contributed by atoms with van der Waals surface area (Å²) in [7, 11) is 2.89. The molecule has 5 nitrogen and oxygen atoms in total. The Morgan fingerprint density at radius 3 is 2.79 bits per heavy atom. The van der Waals surface area contributed by atoms with Crippen molar-refractivity contribution in [1.82, 2.24) is 5.32 Å². The maximum atomic E-state index is 13.4. The number of amides is 1. The Bertz CT molecular complexity index is 426. The van der Waals surface area contributed by atoms with E-state index in [4.69, 9.17) is 15.2 Å². The van der Waals surface area contributed by atoms with Crippen molar-refractivity contribution >= 4 is 5.91 Å². The minimum atomic E-state index is -0.683. The highest BCUT2D eigenvalue weighted by molar-refractivity contribution is 5.81. The largest absolute Gasteiger partial charge is 0.494 e. The predicted molar refractivity (Wildman–Crippen MR) is 69.5 cm³/mol. The molecular formula is C13H19FN2O3. The minimum absolute atomic E-state index is 0.170. The van der Waals surface area contributed by atoms with Crippen molar-refractivity contribution in [2.75, 3.05) is 27.4 Å².